The number of rotatable bonds is 4. The van der Waals surface area contributed by atoms with E-state index in [1.54, 1.807) is 0 Å². The van der Waals surface area contributed by atoms with Crippen LogP contribution in [0.1, 0.15) is 20.8 Å². The minimum atomic E-state index is -0.445. The lowest BCUT2D eigenvalue weighted by molar-refractivity contribution is -0.141. The molecule has 0 aromatic carbocycles. The van der Waals surface area contributed by atoms with Crippen LogP contribution in [0.2, 0.25) is 0 Å². The Morgan fingerprint density at radius 1 is 1.50 bits per heavy atom. The zero-order chi connectivity index (χ0) is 9.56. The van der Waals surface area contributed by atoms with Gasteiger partial charge in [-0.05, 0) is 5.92 Å². The van der Waals surface area contributed by atoms with E-state index in [-0.39, 0.29) is 18.4 Å². The molecule has 69 valence electrons. The van der Waals surface area contributed by atoms with Gasteiger partial charge in [0.25, 0.3) is 0 Å². The van der Waals surface area contributed by atoms with Crippen LogP contribution in [-0.2, 0) is 14.3 Å². The fourth-order valence-corrected chi connectivity index (χ4v) is 0.450. The second kappa shape index (κ2) is 5.57. The summed E-state index contributed by atoms with van der Waals surface area (Å²) in [4.78, 5) is 21.1. The summed E-state index contributed by atoms with van der Waals surface area (Å²) in [6, 6.07) is 0. The van der Waals surface area contributed by atoms with Gasteiger partial charge in [0.05, 0.1) is 0 Å². The van der Waals surface area contributed by atoms with Crippen molar-refractivity contribution in [2.75, 3.05) is 6.54 Å². The third kappa shape index (κ3) is 7.05. The molecular formula is C8H14NO3. The van der Waals surface area contributed by atoms with Gasteiger partial charge >= 0.3 is 5.97 Å². The Morgan fingerprint density at radius 3 is 2.50 bits per heavy atom. The van der Waals surface area contributed by atoms with Crippen molar-refractivity contribution in [3.05, 3.63) is 6.61 Å². The van der Waals surface area contributed by atoms with Crippen LogP contribution in [0.5, 0.6) is 0 Å². The quantitative estimate of drug-likeness (QED) is 0.627. The van der Waals surface area contributed by atoms with Crippen molar-refractivity contribution in [2.24, 2.45) is 5.92 Å². The van der Waals surface area contributed by atoms with E-state index < -0.39 is 5.97 Å². The van der Waals surface area contributed by atoms with Gasteiger partial charge in [-0.25, -0.2) is 0 Å². The third-order valence-electron chi connectivity index (χ3n) is 0.953. The fourth-order valence-electron chi connectivity index (χ4n) is 0.450. The van der Waals surface area contributed by atoms with E-state index in [0.29, 0.717) is 0 Å². The first kappa shape index (κ1) is 10.9. The minimum Gasteiger partial charge on any atom is -0.457 e. The van der Waals surface area contributed by atoms with Crippen LogP contribution in [0.15, 0.2) is 0 Å². The molecule has 0 saturated heterocycles. The molecule has 1 N–H and O–H groups in total. The molecule has 0 heterocycles. The predicted octanol–water partition coefficient (Wildman–Crippen LogP) is 0.483. The first-order valence-electron chi connectivity index (χ1n) is 3.79. The van der Waals surface area contributed by atoms with E-state index in [1.807, 2.05) is 13.8 Å². The number of hydrogen-bond acceptors (Lipinski definition) is 3. The molecular weight excluding hydrogens is 158 g/mol. The van der Waals surface area contributed by atoms with Crippen LogP contribution in [0, 0.1) is 12.5 Å². The highest BCUT2D eigenvalue weighted by Crippen LogP contribution is 1.98. The Balaban J connectivity index is 3.40. The van der Waals surface area contributed by atoms with E-state index >= 15 is 0 Å². The summed E-state index contributed by atoms with van der Waals surface area (Å²) in [5, 5.41) is 2.34. The number of carbonyl (C=O) groups excluding carboxylic acids is 2. The van der Waals surface area contributed by atoms with Crippen molar-refractivity contribution in [3.8, 4) is 0 Å². The highest BCUT2D eigenvalue weighted by molar-refractivity contribution is 5.80. The van der Waals surface area contributed by atoms with Gasteiger partial charge in [0.15, 0.2) is 0 Å². The van der Waals surface area contributed by atoms with Gasteiger partial charge in [0.1, 0.15) is 13.2 Å². The molecule has 1 amide bonds. The van der Waals surface area contributed by atoms with Crippen molar-refractivity contribution in [1.29, 1.82) is 0 Å². The molecule has 0 atom stereocenters. The molecule has 0 unspecified atom stereocenters. The molecule has 12 heavy (non-hydrogen) atoms. The number of ether oxygens (including phenoxy) is 1. The summed E-state index contributed by atoms with van der Waals surface area (Å²) >= 11 is 0. The molecule has 4 nitrogen and oxygen atoms in total. The average molecular weight is 172 g/mol. The molecule has 0 bridgehead atoms. The largest absolute Gasteiger partial charge is 0.457 e. The average Bonchev–Trinajstić information content (AvgIpc) is 1.96. The Kier molecular flexibility index (Phi) is 5.08. The van der Waals surface area contributed by atoms with Gasteiger partial charge in [-0.15, -0.1) is 0 Å². The molecule has 0 aliphatic heterocycles. The first-order chi connectivity index (χ1) is 5.52. The lowest BCUT2D eigenvalue weighted by atomic mass is 10.2. The maximum Gasteiger partial charge on any atom is 0.325 e. The summed E-state index contributed by atoms with van der Waals surface area (Å²) in [5.41, 5.74) is 0. The van der Waals surface area contributed by atoms with E-state index in [4.69, 9.17) is 0 Å². The Bertz CT molecular complexity index is 166. The lowest BCUT2D eigenvalue weighted by Crippen LogP contribution is -2.28. The smallest absolute Gasteiger partial charge is 0.325 e. The second-order valence-corrected chi connectivity index (χ2v) is 2.78. The lowest BCUT2D eigenvalue weighted by Gasteiger charge is -2.05. The van der Waals surface area contributed by atoms with Crippen molar-refractivity contribution < 1.29 is 14.3 Å². The minimum absolute atomic E-state index is 0.0709. The standard InChI is InChI=1S/C8H14NO3/c1-6(2)5-12-8(11)4-9-7(3)10/h5-6H,4H2,1-3H3,(H,9,10). The maximum atomic E-state index is 10.8. The van der Waals surface area contributed by atoms with Gasteiger partial charge in [0, 0.05) is 6.92 Å². The monoisotopic (exact) mass is 172 g/mol. The first-order valence-corrected chi connectivity index (χ1v) is 3.79. The van der Waals surface area contributed by atoms with Crippen molar-refractivity contribution in [1.82, 2.24) is 5.32 Å². The zero-order valence-electron chi connectivity index (χ0n) is 7.59. The summed E-state index contributed by atoms with van der Waals surface area (Å²) in [5.74, 6) is -0.485. The molecule has 4 heteroatoms. The van der Waals surface area contributed by atoms with Gasteiger partial charge in [-0.1, -0.05) is 13.8 Å². The molecule has 0 rings (SSSR count). The number of hydrogen-bond donors (Lipinski definition) is 1. The Labute approximate surface area is 72.3 Å². The third-order valence-corrected chi connectivity index (χ3v) is 0.953. The van der Waals surface area contributed by atoms with Crippen LogP contribution in [0.3, 0.4) is 0 Å². The number of esters is 1. The van der Waals surface area contributed by atoms with E-state index in [2.05, 4.69) is 10.1 Å². The Morgan fingerprint density at radius 2 is 2.08 bits per heavy atom. The SMILES string of the molecule is CC(=O)NCC(=O)O[CH]C(C)C. The maximum absolute atomic E-state index is 10.8. The molecule has 1 radical (unpaired) electrons. The van der Waals surface area contributed by atoms with Crippen LogP contribution >= 0.6 is 0 Å². The fraction of sp³-hybridized carbons (Fsp3) is 0.625. The molecule has 0 saturated carbocycles. The number of nitrogens with one attached hydrogen (secondary N) is 1. The molecule has 0 aliphatic carbocycles. The summed E-state index contributed by atoms with van der Waals surface area (Å²) < 4.78 is 4.68. The highest BCUT2D eigenvalue weighted by atomic mass is 16.5. The van der Waals surface area contributed by atoms with Crippen LogP contribution < -0.4 is 5.32 Å². The van der Waals surface area contributed by atoms with Gasteiger partial charge in [-0.2, -0.15) is 0 Å². The second-order valence-electron chi connectivity index (χ2n) is 2.78. The normalized spacial score (nSPS) is 9.67. The number of amides is 1. The molecule has 0 aromatic rings. The number of carbonyl (C=O) groups is 2. The Hall–Kier alpha value is -1.06. The molecule has 0 aromatic heterocycles. The zero-order valence-corrected chi connectivity index (χ0v) is 7.59. The highest BCUT2D eigenvalue weighted by Gasteiger charge is 2.04. The van der Waals surface area contributed by atoms with Crippen LogP contribution in [0.25, 0.3) is 0 Å². The van der Waals surface area contributed by atoms with Gasteiger partial charge < -0.3 is 10.1 Å². The molecule has 0 spiro atoms. The summed E-state index contributed by atoms with van der Waals surface area (Å²) in [6.07, 6.45) is 0. The van der Waals surface area contributed by atoms with Crippen molar-refractivity contribution in [2.45, 2.75) is 20.8 Å². The topological polar surface area (TPSA) is 55.4 Å². The predicted molar refractivity (Wildman–Crippen MR) is 43.9 cm³/mol. The summed E-state index contributed by atoms with van der Waals surface area (Å²) in [7, 11) is 0. The van der Waals surface area contributed by atoms with Crippen LogP contribution in [-0.4, -0.2) is 18.4 Å². The van der Waals surface area contributed by atoms with Crippen LogP contribution in [0.4, 0.5) is 0 Å². The van der Waals surface area contributed by atoms with Crippen molar-refractivity contribution in [3.63, 3.8) is 0 Å². The molecule has 0 fully saturated rings. The van der Waals surface area contributed by atoms with Gasteiger partial charge in [0.2, 0.25) is 5.91 Å². The van der Waals surface area contributed by atoms with E-state index in [9.17, 15) is 9.59 Å². The van der Waals surface area contributed by atoms with E-state index in [1.165, 1.54) is 13.5 Å². The summed E-state index contributed by atoms with van der Waals surface area (Å²) in [6.45, 7) is 6.50. The van der Waals surface area contributed by atoms with E-state index in [0.717, 1.165) is 0 Å². The van der Waals surface area contributed by atoms with Gasteiger partial charge in [-0.3, -0.25) is 9.59 Å². The molecule has 0 aliphatic rings. The van der Waals surface area contributed by atoms with Crippen molar-refractivity contribution >= 4 is 11.9 Å².